The maximum absolute atomic E-state index is 13.1. The molecule has 0 fully saturated rings. The molecular formula is C25H28N2O3S. The minimum absolute atomic E-state index is 0.150. The van der Waals surface area contributed by atoms with Gasteiger partial charge in [-0.15, -0.1) is 0 Å². The highest BCUT2D eigenvalue weighted by molar-refractivity contribution is 7.92. The van der Waals surface area contributed by atoms with E-state index in [2.05, 4.69) is 19.2 Å². The van der Waals surface area contributed by atoms with Crippen LogP contribution in [0, 0.1) is 12.8 Å². The largest absolute Gasteiger partial charge is 0.345 e. The van der Waals surface area contributed by atoms with Crippen LogP contribution in [0.1, 0.15) is 41.4 Å². The Morgan fingerprint density at radius 3 is 2.19 bits per heavy atom. The number of hydrogen-bond donors (Lipinski definition) is 1. The maximum Gasteiger partial charge on any atom is 0.264 e. The molecule has 0 saturated carbocycles. The van der Waals surface area contributed by atoms with Gasteiger partial charge in [-0.25, -0.2) is 8.42 Å². The molecule has 31 heavy (non-hydrogen) atoms. The molecule has 3 aromatic carbocycles. The Bertz CT molecular complexity index is 1160. The summed E-state index contributed by atoms with van der Waals surface area (Å²) in [6.07, 6.45) is 0. The van der Waals surface area contributed by atoms with E-state index in [1.165, 1.54) is 11.4 Å². The van der Waals surface area contributed by atoms with E-state index < -0.39 is 10.0 Å². The first-order valence-electron chi connectivity index (χ1n) is 10.2. The lowest BCUT2D eigenvalue weighted by atomic mass is 9.92. The fourth-order valence-electron chi connectivity index (χ4n) is 3.50. The fourth-order valence-corrected chi connectivity index (χ4v) is 4.70. The number of amides is 1. The summed E-state index contributed by atoms with van der Waals surface area (Å²) < 4.78 is 27.1. The molecule has 6 heteroatoms. The van der Waals surface area contributed by atoms with E-state index in [0.29, 0.717) is 11.3 Å². The molecule has 3 rings (SSSR count). The van der Waals surface area contributed by atoms with Crippen molar-refractivity contribution < 1.29 is 13.2 Å². The lowest BCUT2D eigenvalue weighted by molar-refractivity contribution is 0.0925. The standard InChI is InChI=1S/C25H28N2O3S/c1-18(2)24(23-16-9-8-11-19(23)3)26-25(28)20-12-10-13-21(17-20)27(4)31(29,30)22-14-6-5-7-15-22/h5-18,24H,1-4H3,(H,26,28)/t24-/m0/s1. The normalized spacial score (nSPS) is 12.4. The molecule has 1 N–H and O–H groups in total. The summed E-state index contributed by atoms with van der Waals surface area (Å²) in [5.74, 6) is -0.0522. The Kier molecular flexibility index (Phi) is 6.81. The van der Waals surface area contributed by atoms with Crippen molar-refractivity contribution in [2.45, 2.75) is 31.7 Å². The highest BCUT2D eigenvalue weighted by Crippen LogP contribution is 2.26. The third-order valence-electron chi connectivity index (χ3n) is 5.35. The van der Waals surface area contributed by atoms with Gasteiger partial charge in [0.15, 0.2) is 0 Å². The zero-order chi connectivity index (χ0) is 22.6. The zero-order valence-corrected chi connectivity index (χ0v) is 19.1. The van der Waals surface area contributed by atoms with Gasteiger partial charge in [0, 0.05) is 12.6 Å². The van der Waals surface area contributed by atoms with Crippen molar-refractivity contribution in [2.24, 2.45) is 5.92 Å². The Labute approximate surface area is 184 Å². The number of nitrogens with zero attached hydrogens (tertiary/aromatic N) is 1. The van der Waals surface area contributed by atoms with Gasteiger partial charge in [0.25, 0.3) is 15.9 Å². The van der Waals surface area contributed by atoms with Crippen molar-refractivity contribution in [1.29, 1.82) is 0 Å². The second-order valence-corrected chi connectivity index (χ2v) is 9.86. The number of anilines is 1. The van der Waals surface area contributed by atoms with E-state index in [0.717, 1.165) is 11.1 Å². The molecule has 162 valence electrons. The number of nitrogens with one attached hydrogen (secondary N) is 1. The van der Waals surface area contributed by atoms with Gasteiger partial charge < -0.3 is 5.32 Å². The predicted octanol–water partition coefficient (Wildman–Crippen LogP) is 4.95. The average molecular weight is 437 g/mol. The molecule has 1 atom stereocenters. The number of hydrogen-bond acceptors (Lipinski definition) is 3. The predicted molar refractivity (Wildman–Crippen MR) is 125 cm³/mol. The second-order valence-electron chi connectivity index (χ2n) is 7.89. The third-order valence-corrected chi connectivity index (χ3v) is 7.15. The van der Waals surface area contributed by atoms with Crippen LogP contribution >= 0.6 is 0 Å². The molecule has 0 spiro atoms. The summed E-state index contributed by atoms with van der Waals surface area (Å²) in [5, 5.41) is 3.12. The van der Waals surface area contributed by atoms with Crippen LogP contribution < -0.4 is 9.62 Å². The number of rotatable bonds is 7. The van der Waals surface area contributed by atoms with Crippen LogP contribution in [0.25, 0.3) is 0 Å². The van der Waals surface area contributed by atoms with Crippen LogP contribution in [0.15, 0.2) is 83.8 Å². The summed E-state index contributed by atoms with van der Waals surface area (Å²) in [7, 11) is -2.23. The molecule has 5 nitrogen and oxygen atoms in total. The van der Waals surface area contributed by atoms with Crippen molar-refractivity contribution in [3.8, 4) is 0 Å². The Hall–Kier alpha value is -3.12. The summed E-state index contributed by atoms with van der Waals surface area (Å²) >= 11 is 0. The number of carbonyl (C=O) groups excluding carboxylic acids is 1. The lowest BCUT2D eigenvalue weighted by Gasteiger charge is -2.25. The average Bonchev–Trinajstić information content (AvgIpc) is 2.78. The molecule has 0 bridgehead atoms. The molecule has 0 aromatic heterocycles. The van der Waals surface area contributed by atoms with Gasteiger partial charge >= 0.3 is 0 Å². The number of benzene rings is 3. The van der Waals surface area contributed by atoms with E-state index in [-0.39, 0.29) is 22.8 Å². The van der Waals surface area contributed by atoms with Crippen molar-refractivity contribution in [3.05, 3.63) is 95.6 Å². The van der Waals surface area contributed by atoms with Gasteiger partial charge in [-0.05, 0) is 54.3 Å². The van der Waals surface area contributed by atoms with Crippen LogP contribution in [0.3, 0.4) is 0 Å². The molecule has 0 aliphatic rings. The molecule has 0 radical (unpaired) electrons. The summed E-state index contributed by atoms with van der Waals surface area (Å²) in [5.41, 5.74) is 3.02. The number of sulfonamides is 1. The van der Waals surface area contributed by atoms with Gasteiger partial charge in [0.2, 0.25) is 0 Å². The molecule has 0 unspecified atom stereocenters. The first-order chi connectivity index (χ1) is 14.7. The Morgan fingerprint density at radius 2 is 1.55 bits per heavy atom. The first-order valence-corrected chi connectivity index (χ1v) is 11.7. The molecule has 0 aliphatic heterocycles. The van der Waals surface area contributed by atoms with E-state index in [1.807, 2.05) is 31.2 Å². The summed E-state index contributed by atoms with van der Waals surface area (Å²) in [6.45, 7) is 6.16. The van der Waals surface area contributed by atoms with Gasteiger partial charge in [0.1, 0.15) is 0 Å². The van der Waals surface area contributed by atoms with E-state index in [1.54, 1.807) is 54.6 Å². The zero-order valence-electron chi connectivity index (χ0n) is 18.2. The minimum atomic E-state index is -3.72. The van der Waals surface area contributed by atoms with Gasteiger partial charge in [-0.2, -0.15) is 0 Å². The highest BCUT2D eigenvalue weighted by Gasteiger charge is 2.23. The third kappa shape index (κ3) is 4.97. The monoisotopic (exact) mass is 436 g/mol. The number of aryl methyl sites for hydroxylation is 1. The summed E-state index contributed by atoms with van der Waals surface area (Å²) in [6, 6.07) is 22.8. The van der Waals surface area contributed by atoms with Crippen LogP contribution in [0.4, 0.5) is 5.69 Å². The van der Waals surface area contributed by atoms with Gasteiger partial charge in [-0.1, -0.05) is 62.4 Å². The van der Waals surface area contributed by atoms with Crippen molar-refractivity contribution in [2.75, 3.05) is 11.4 Å². The molecule has 0 saturated heterocycles. The minimum Gasteiger partial charge on any atom is -0.345 e. The molecule has 0 aliphatic carbocycles. The van der Waals surface area contributed by atoms with Gasteiger partial charge in [-0.3, -0.25) is 9.10 Å². The van der Waals surface area contributed by atoms with E-state index in [4.69, 9.17) is 0 Å². The fraction of sp³-hybridized carbons (Fsp3) is 0.240. The SMILES string of the molecule is Cc1ccccc1[C@@H](NC(=O)c1cccc(N(C)S(=O)(=O)c2ccccc2)c1)C(C)C. The van der Waals surface area contributed by atoms with E-state index in [9.17, 15) is 13.2 Å². The van der Waals surface area contributed by atoms with Crippen LogP contribution in [-0.2, 0) is 10.0 Å². The van der Waals surface area contributed by atoms with Crippen molar-refractivity contribution >= 4 is 21.6 Å². The Balaban J connectivity index is 1.87. The molecule has 3 aromatic rings. The molecular weight excluding hydrogens is 408 g/mol. The quantitative estimate of drug-likeness (QED) is 0.570. The van der Waals surface area contributed by atoms with Crippen LogP contribution in [0.5, 0.6) is 0 Å². The number of carbonyl (C=O) groups is 1. The first kappa shape index (κ1) is 22.6. The van der Waals surface area contributed by atoms with Gasteiger partial charge in [0.05, 0.1) is 16.6 Å². The second kappa shape index (κ2) is 9.35. The maximum atomic E-state index is 13.1. The van der Waals surface area contributed by atoms with E-state index >= 15 is 0 Å². The van der Waals surface area contributed by atoms with Crippen LogP contribution in [-0.4, -0.2) is 21.4 Å². The van der Waals surface area contributed by atoms with Crippen molar-refractivity contribution in [3.63, 3.8) is 0 Å². The summed E-state index contributed by atoms with van der Waals surface area (Å²) in [4.78, 5) is 13.3. The topological polar surface area (TPSA) is 66.5 Å². The van der Waals surface area contributed by atoms with Crippen molar-refractivity contribution in [1.82, 2.24) is 5.32 Å². The lowest BCUT2D eigenvalue weighted by Crippen LogP contribution is -2.32. The van der Waals surface area contributed by atoms with Crippen LogP contribution in [0.2, 0.25) is 0 Å². The molecule has 1 amide bonds. The smallest absolute Gasteiger partial charge is 0.264 e. The molecule has 0 heterocycles. The highest BCUT2D eigenvalue weighted by atomic mass is 32.2. The Morgan fingerprint density at radius 1 is 0.903 bits per heavy atom.